The average Bonchev–Trinajstić information content (AvgIpc) is 3.36. The monoisotopic (exact) mass is 510 g/mol. The molecular formula is C27H25F3N4O3. The molecule has 0 aliphatic heterocycles. The highest BCUT2D eigenvalue weighted by Gasteiger charge is 2.30. The molecule has 192 valence electrons. The van der Waals surface area contributed by atoms with Gasteiger partial charge in [-0.2, -0.15) is 13.2 Å². The Labute approximate surface area is 211 Å². The molecule has 37 heavy (non-hydrogen) atoms. The van der Waals surface area contributed by atoms with Crippen molar-refractivity contribution in [2.24, 2.45) is 0 Å². The summed E-state index contributed by atoms with van der Waals surface area (Å²) in [6, 6.07) is 16.2. The van der Waals surface area contributed by atoms with Crippen LogP contribution in [0, 0.1) is 0 Å². The van der Waals surface area contributed by atoms with Crippen molar-refractivity contribution in [2.45, 2.75) is 32.4 Å². The molecule has 7 nitrogen and oxygen atoms in total. The fourth-order valence-corrected chi connectivity index (χ4v) is 3.76. The van der Waals surface area contributed by atoms with Gasteiger partial charge in [-0.3, -0.25) is 14.7 Å². The lowest BCUT2D eigenvalue weighted by Gasteiger charge is -2.22. The molecule has 1 N–H and O–H groups in total. The summed E-state index contributed by atoms with van der Waals surface area (Å²) in [5.41, 5.74) is 1.62. The summed E-state index contributed by atoms with van der Waals surface area (Å²) in [4.78, 5) is 22.7. The number of hydrogen-bond acceptors (Lipinski definition) is 6. The first kappa shape index (κ1) is 25.9. The van der Waals surface area contributed by atoms with Crippen LogP contribution in [0.4, 0.5) is 13.2 Å². The predicted octanol–water partition coefficient (Wildman–Crippen LogP) is 5.23. The largest absolute Gasteiger partial charge is 0.497 e. The number of carbonyl (C=O) groups is 1. The molecule has 0 aliphatic rings. The van der Waals surface area contributed by atoms with Crippen LogP contribution in [0.1, 0.15) is 38.6 Å². The fourth-order valence-electron chi connectivity index (χ4n) is 3.76. The Bertz CT molecular complexity index is 1330. The van der Waals surface area contributed by atoms with E-state index in [-0.39, 0.29) is 31.2 Å². The summed E-state index contributed by atoms with van der Waals surface area (Å²) >= 11 is 0. The van der Waals surface area contributed by atoms with Crippen LogP contribution in [0.25, 0.3) is 0 Å². The Morgan fingerprint density at radius 3 is 2.43 bits per heavy atom. The van der Waals surface area contributed by atoms with E-state index >= 15 is 0 Å². The predicted molar refractivity (Wildman–Crippen MR) is 129 cm³/mol. The van der Waals surface area contributed by atoms with Crippen LogP contribution in [-0.4, -0.2) is 27.9 Å². The third kappa shape index (κ3) is 7.40. The van der Waals surface area contributed by atoms with Gasteiger partial charge in [0.25, 0.3) is 5.91 Å². The number of rotatable bonds is 10. The van der Waals surface area contributed by atoms with Gasteiger partial charge < -0.3 is 14.5 Å². The number of oxazole rings is 1. The first-order valence-corrected chi connectivity index (χ1v) is 11.4. The van der Waals surface area contributed by atoms with Crippen LogP contribution in [0.15, 0.2) is 83.7 Å². The van der Waals surface area contributed by atoms with Gasteiger partial charge in [0.15, 0.2) is 5.69 Å². The molecule has 4 aromatic rings. The number of hydrogen-bond donors (Lipinski definition) is 1. The lowest BCUT2D eigenvalue weighted by molar-refractivity contribution is -0.137. The lowest BCUT2D eigenvalue weighted by atomic mass is 10.1. The highest BCUT2D eigenvalue weighted by molar-refractivity contribution is 5.91. The minimum Gasteiger partial charge on any atom is -0.497 e. The molecule has 0 fully saturated rings. The fraction of sp³-hybridized carbons (Fsp3) is 0.222. The van der Waals surface area contributed by atoms with Crippen molar-refractivity contribution >= 4 is 5.91 Å². The molecule has 0 spiro atoms. The van der Waals surface area contributed by atoms with E-state index in [0.717, 1.165) is 23.3 Å². The maximum atomic E-state index is 13.2. The first-order chi connectivity index (χ1) is 17.8. The second-order valence-electron chi connectivity index (χ2n) is 8.37. The number of nitrogens with one attached hydrogen (secondary N) is 1. The maximum absolute atomic E-state index is 13.2. The standard InChI is InChI=1S/C27H25F3N4O3/c1-36-23-9-3-6-20(12-23)16-34(15-19-5-2-8-22(11-19)27(28,29)30)17-25-33-24(18-37-25)26(35)32-14-21-7-4-10-31-13-21/h2-13,18H,14-17H2,1H3,(H,32,35). The van der Waals surface area contributed by atoms with Gasteiger partial charge in [-0.25, -0.2) is 4.98 Å². The molecule has 0 saturated carbocycles. The number of benzene rings is 2. The molecule has 0 atom stereocenters. The number of ether oxygens (including phenoxy) is 1. The van der Waals surface area contributed by atoms with E-state index in [2.05, 4.69) is 15.3 Å². The Morgan fingerprint density at radius 2 is 1.73 bits per heavy atom. The van der Waals surface area contributed by atoms with Crippen molar-refractivity contribution in [3.05, 3.63) is 113 Å². The quantitative estimate of drug-likeness (QED) is 0.315. The number of aromatic nitrogens is 2. The number of amides is 1. The van der Waals surface area contributed by atoms with Gasteiger partial charge in [0.2, 0.25) is 5.89 Å². The van der Waals surface area contributed by atoms with Crippen LogP contribution in [0.3, 0.4) is 0 Å². The first-order valence-electron chi connectivity index (χ1n) is 11.4. The molecule has 2 aromatic carbocycles. The van der Waals surface area contributed by atoms with Crippen molar-refractivity contribution in [3.63, 3.8) is 0 Å². The summed E-state index contributed by atoms with van der Waals surface area (Å²) in [5, 5.41) is 2.76. The van der Waals surface area contributed by atoms with E-state index in [0.29, 0.717) is 17.9 Å². The molecule has 10 heteroatoms. The zero-order chi connectivity index (χ0) is 26.3. The van der Waals surface area contributed by atoms with E-state index in [4.69, 9.17) is 9.15 Å². The van der Waals surface area contributed by atoms with Crippen LogP contribution >= 0.6 is 0 Å². The Morgan fingerprint density at radius 1 is 1.00 bits per heavy atom. The van der Waals surface area contributed by atoms with Gasteiger partial charge in [0.05, 0.1) is 19.2 Å². The normalized spacial score (nSPS) is 11.5. The molecule has 0 aliphatic carbocycles. The molecule has 0 radical (unpaired) electrons. The van der Waals surface area contributed by atoms with E-state index < -0.39 is 17.6 Å². The summed E-state index contributed by atoms with van der Waals surface area (Å²) in [7, 11) is 1.56. The molecule has 2 heterocycles. The van der Waals surface area contributed by atoms with Crippen LogP contribution < -0.4 is 10.1 Å². The molecule has 0 saturated heterocycles. The molecule has 0 bridgehead atoms. The third-order valence-electron chi connectivity index (χ3n) is 5.52. The molecule has 4 rings (SSSR count). The molecule has 1 amide bonds. The second kappa shape index (κ2) is 11.7. The Balaban J connectivity index is 1.49. The van der Waals surface area contributed by atoms with E-state index in [1.807, 2.05) is 35.2 Å². The minimum atomic E-state index is -4.44. The zero-order valence-corrected chi connectivity index (χ0v) is 20.0. The van der Waals surface area contributed by atoms with Crippen LogP contribution in [0.2, 0.25) is 0 Å². The zero-order valence-electron chi connectivity index (χ0n) is 20.0. The van der Waals surface area contributed by atoms with Crippen molar-refractivity contribution in [2.75, 3.05) is 7.11 Å². The summed E-state index contributed by atoms with van der Waals surface area (Å²) in [6.07, 6.45) is 0.126. The highest BCUT2D eigenvalue weighted by atomic mass is 19.4. The average molecular weight is 511 g/mol. The van der Waals surface area contributed by atoms with Crippen molar-refractivity contribution in [1.29, 1.82) is 0 Å². The molecular weight excluding hydrogens is 485 g/mol. The van der Waals surface area contributed by atoms with Crippen molar-refractivity contribution in [1.82, 2.24) is 20.2 Å². The summed E-state index contributed by atoms with van der Waals surface area (Å²) in [6.45, 7) is 1.04. The smallest absolute Gasteiger partial charge is 0.416 e. The number of methoxy groups -OCH3 is 1. The van der Waals surface area contributed by atoms with Gasteiger partial charge in [0.1, 0.15) is 12.0 Å². The van der Waals surface area contributed by atoms with E-state index in [1.165, 1.54) is 12.3 Å². The van der Waals surface area contributed by atoms with Crippen molar-refractivity contribution < 1.29 is 27.1 Å². The van der Waals surface area contributed by atoms with Crippen molar-refractivity contribution in [3.8, 4) is 5.75 Å². The Kier molecular flexibility index (Phi) is 8.19. The van der Waals surface area contributed by atoms with Gasteiger partial charge in [-0.1, -0.05) is 36.4 Å². The minimum absolute atomic E-state index is 0.110. The number of nitrogens with zero attached hydrogens (tertiary/aromatic N) is 3. The lowest BCUT2D eigenvalue weighted by Crippen LogP contribution is -2.24. The van der Waals surface area contributed by atoms with Crippen LogP contribution in [0.5, 0.6) is 5.75 Å². The molecule has 0 unspecified atom stereocenters. The van der Waals surface area contributed by atoms with Crippen LogP contribution in [-0.2, 0) is 32.4 Å². The Hall–Kier alpha value is -4.18. The molecule has 2 aromatic heterocycles. The topological polar surface area (TPSA) is 80.5 Å². The van der Waals surface area contributed by atoms with E-state index in [9.17, 15) is 18.0 Å². The van der Waals surface area contributed by atoms with Gasteiger partial charge in [0, 0.05) is 32.0 Å². The van der Waals surface area contributed by atoms with Gasteiger partial charge in [-0.15, -0.1) is 0 Å². The number of carbonyl (C=O) groups excluding carboxylic acids is 1. The van der Waals surface area contributed by atoms with Gasteiger partial charge >= 0.3 is 6.18 Å². The number of halogens is 3. The summed E-state index contributed by atoms with van der Waals surface area (Å²) in [5.74, 6) is 0.526. The van der Waals surface area contributed by atoms with Gasteiger partial charge in [-0.05, 0) is 41.0 Å². The third-order valence-corrected chi connectivity index (χ3v) is 5.52. The SMILES string of the molecule is COc1cccc(CN(Cc2cccc(C(F)(F)F)c2)Cc2nc(C(=O)NCc3cccnc3)co2)c1. The maximum Gasteiger partial charge on any atom is 0.416 e. The number of pyridine rings is 1. The highest BCUT2D eigenvalue weighted by Crippen LogP contribution is 2.30. The van der Waals surface area contributed by atoms with E-state index in [1.54, 1.807) is 31.6 Å². The second-order valence-corrected chi connectivity index (χ2v) is 8.37. The summed E-state index contributed by atoms with van der Waals surface area (Å²) < 4.78 is 50.5. The number of alkyl halides is 3.